The Kier molecular flexibility index (Phi) is 3.86. The normalized spacial score (nSPS) is 10.1. The van der Waals surface area contributed by atoms with E-state index in [0.29, 0.717) is 0 Å². The molecule has 7 heteroatoms. The molecule has 0 unspecified atom stereocenters. The van der Waals surface area contributed by atoms with Crippen molar-refractivity contribution in [3.05, 3.63) is 34.1 Å². The van der Waals surface area contributed by atoms with Crippen molar-refractivity contribution in [3.63, 3.8) is 0 Å². The molecule has 0 aliphatic carbocycles. The Labute approximate surface area is 97.0 Å². The van der Waals surface area contributed by atoms with Crippen LogP contribution >= 0.6 is 0 Å². The second-order valence-electron chi connectivity index (χ2n) is 3.63. The fourth-order valence-corrected chi connectivity index (χ4v) is 0.949. The zero-order valence-electron chi connectivity index (χ0n) is 9.34. The summed E-state index contributed by atoms with van der Waals surface area (Å²) in [6.45, 7) is 3.29. The summed E-state index contributed by atoms with van der Waals surface area (Å²) in [4.78, 5) is 36.1. The van der Waals surface area contributed by atoms with Crippen LogP contribution in [0.3, 0.4) is 0 Å². The van der Waals surface area contributed by atoms with Crippen LogP contribution in [0.4, 0.5) is 5.69 Å². The van der Waals surface area contributed by atoms with Crippen LogP contribution in [0.15, 0.2) is 18.3 Å². The minimum absolute atomic E-state index is 0.0374. The number of aromatic nitrogens is 1. The molecule has 0 aromatic carbocycles. The fourth-order valence-electron chi connectivity index (χ4n) is 0.949. The third-order valence-corrected chi connectivity index (χ3v) is 1.95. The average molecular weight is 237 g/mol. The van der Waals surface area contributed by atoms with Gasteiger partial charge in [0.1, 0.15) is 11.9 Å². The maximum atomic E-state index is 11.5. The Morgan fingerprint density at radius 1 is 1.41 bits per heavy atom. The van der Waals surface area contributed by atoms with Gasteiger partial charge >= 0.3 is 0 Å². The van der Waals surface area contributed by atoms with Crippen LogP contribution < -0.4 is 5.32 Å². The number of nitro groups is 1. The van der Waals surface area contributed by atoms with Crippen LogP contribution in [-0.4, -0.2) is 21.7 Å². The van der Waals surface area contributed by atoms with Gasteiger partial charge in [0, 0.05) is 12.0 Å². The highest BCUT2D eigenvalue weighted by molar-refractivity contribution is 6.04. The lowest BCUT2D eigenvalue weighted by atomic mass is 10.2. The third-order valence-electron chi connectivity index (χ3n) is 1.95. The summed E-state index contributed by atoms with van der Waals surface area (Å²) in [6, 6.07) is 2.35. The van der Waals surface area contributed by atoms with Gasteiger partial charge in [-0.25, -0.2) is 4.98 Å². The number of nitrogens with one attached hydrogen (secondary N) is 1. The minimum Gasteiger partial charge on any atom is -0.291 e. The zero-order valence-corrected chi connectivity index (χ0v) is 9.34. The van der Waals surface area contributed by atoms with Crippen molar-refractivity contribution < 1.29 is 14.5 Å². The molecule has 1 N–H and O–H groups in total. The van der Waals surface area contributed by atoms with Crippen LogP contribution in [0.5, 0.6) is 0 Å². The minimum atomic E-state index is -0.668. The topological polar surface area (TPSA) is 102 Å². The van der Waals surface area contributed by atoms with Crippen molar-refractivity contribution in [2.24, 2.45) is 5.92 Å². The first-order valence-corrected chi connectivity index (χ1v) is 4.87. The molecule has 7 nitrogen and oxygen atoms in total. The summed E-state index contributed by atoms with van der Waals surface area (Å²) in [5.74, 6) is -1.41. The molecule has 0 aliphatic rings. The number of imide groups is 1. The molecule has 0 fully saturated rings. The largest absolute Gasteiger partial charge is 0.291 e. The number of nitrogens with zero attached hydrogens (tertiary/aromatic N) is 2. The van der Waals surface area contributed by atoms with Crippen LogP contribution in [0.25, 0.3) is 0 Å². The summed E-state index contributed by atoms with van der Waals surface area (Å²) < 4.78 is 0. The van der Waals surface area contributed by atoms with Crippen molar-refractivity contribution >= 4 is 17.5 Å². The molecular formula is C10H11N3O4. The fraction of sp³-hybridized carbons (Fsp3) is 0.300. The summed E-state index contributed by atoms with van der Waals surface area (Å²) in [5.41, 5.74) is -0.249. The molecule has 1 aromatic rings. The van der Waals surface area contributed by atoms with E-state index in [1.807, 2.05) is 0 Å². The predicted octanol–water partition coefficient (Wildman–Crippen LogP) is 0.902. The molecule has 1 heterocycles. The van der Waals surface area contributed by atoms with Crippen molar-refractivity contribution in [3.8, 4) is 0 Å². The molecule has 0 saturated heterocycles. The molecule has 17 heavy (non-hydrogen) atoms. The Morgan fingerprint density at radius 3 is 2.47 bits per heavy atom. The summed E-state index contributed by atoms with van der Waals surface area (Å²) >= 11 is 0. The second kappa shape index (κ2) is 5.15. The van der Waals surface area contributed by atoms with E-state index in [9.17, 15) is 19.7 Å². The number of carbonyl (C=O) groups is 2. The van der Waals surface area contributed by atoms with E-state index in [2.05, 4.69) is 10.3 Å². The highest BCUT2D eigenvalue weighted by Crippen LogP contribution is 2.08. The lowest BCUT2D eigenvalue weighted by Gasteiger charge is -2.05. The monoisotopic (exact) mass is 237 g/mol. The summed E-state index contributed by atoms with van der Waals surface area (Å²) in [6.07, 6.45) is 0.967. The standard InChI is InChI=1S/C10H11N3O4/c1-6(2)9(14)12-10(15)8-4-3-7(5-11-8)13(16)17/h3-6H,1-2H3,(H,12,14,15). The summed E-state index contributed by atoms with van der Waals surface area (Å²) in [5, 5.41) is 12.5. The molecule has 0 saturated carbocycles. The van der Waals surface area contributed by atoms with Crippen molar-refractivity contribution in [1.82, 2.24) is 10.3 Å². The molecule has 0 spiro atoms. The Bertz CT molecular complexity index is 453. The zero-order chi connectivity index (χ0) is 13.0. The molecule has 2 amide bonds. The van der Waals surface area contributed by atoms with Gasteiger partial charge in [0.05, 0.1) is 4.92 Å². The van der Waals surface area contributed by atoms with Gasteiger partial charge in [-0.05, 0) is 6.07 Å². The molecule has 0 bridgehead atoms. The number of carbonyl (C=O) groups excluding carboxylic acids is 2. The van der Waals surface area contributed by atoms with Gasteiger partial charge < -0.3 is 0 Å². The molecular weight excluding hydrogens is 226 g/mol. The van der Waals surface area contributed by atoms with E-state index in [-0.39, 0.29) is 17.3 Å². The number of amides is 2. The van der Waals surface area contributed by atoms with E-state index >= 15 is 0 Å². The maximum Gasteiger partial charge on any atom is 0.287 e. The Balaban J connectivity index is 2.77. The maximum absolute atomic E-state index is 11.5. The van der Waals surface area contributed by atoms with Crippen LogP contribution in [0, 0.1) is 16.0 Å². The van der Waals surface area contributed by atoms with Crippen molar-refractivity contribution in [2.45, 2.75) is 13.8 Å². The van der Waals surface area contributed by atoms with Gasteiger partial charge in [0.15, 0.2) is 0 Å². The molecule has 0 radical (unpaired) electrons. The summed E-state index contributed by atoms with van der Waals surface area (Å²) in [7, 11) is 0. The smallest absolute Gasteiger partial charge is 0.287 e. The van der Waals surface area contributed by atoms with Crippen LogP contribution in [0.1, 0.15) is 24.3 Å². The predicted molar refractivity (Wildman–Crippen MR) is 58.2 cm³/mol. The molecule has 1 rings (SSSR count). The molecule has 1 aromatic heterocycles. The van der Waals surface area contributed by atoms with Gasteiger partial charge in [-0.2, -0.15) is 0 Å². The molecule has 0 aliphatic heterocycles. The van der Waals surface area contributed by atoms with Crippen LogP contribution in [-0.2, 0) is 4.79 Å². The van der Waals surface area contributed by atoms with Gasteiger partial charge in [-0.3, -0.25) is 25.0 Å². The first kappa shape index (κ1) is 12.8. The first-order valence-electron chi connectivity index (χ1n) is 4.87. The van der Waals surface area contributed by atoms with Gasteiger partial charge in [-0.15, -0.1) is 0 Å². The van der Waals surface area contributed by atoms with Crippen molar-refractivity contribution in [2.75, 3.05) is 0 Å². The Morgan fingerprint density at radius 2 is 2.06 bits per heavy atom. The van der Waals surface area contributed by atoms with Gasteiger partial charge in [-0.1, -0.05) is 13.8 Å². The second-order valence-corrected chi connectivity index (χ2v) is 3.63. The quantitative estimate of drug-likeness (QED) is 0.621. The van der Waals surface area contributed by atoms with Gasteiger partial charge in [0.25, 0.3) is 11.6 Å². The number of hydrogen-bond donors (Lipinski definition) is 1. The molecule has 90 valence electrons. The van der Waals surface area contributed by atoms with E-state index in [1.54, 1.807) is 13.8 Å². The number of hydrogen-bond acceptors (Lipinski definition) is 5. The molecule has 0 atom stereocenters. The highest BCUT2D eigenvalue weighted by Gasteiger charge is 2.15. The van der Waals surface area contributed by atoms with Crippen molar-refractivity contribution in [1.29, 1.82) is 0 Å². The number of pyridine rings is 1. The van der Waals surface area contributed by atoms with Gasteiger partial charge in [0.2, 0.25) is 5.91 Å². The SMILES string of the molecule is CC(C)C(=O)NC(=O)c1ccc([N+](=O)[O-])cn1. The highest BCUT2D eigenvalue weighted by atomic mass is 16.6. The first-order chi connectivity index (χ1) is 7.91. The lowest BCUT2D eigenvalue weighted by molar-refractivity contribution is -0.385. The lowest BCUT2D eigenvalue weighted by Crippen LogP contribution is -2.34. The van der Waals surface area contributed by atoms with E-state index < -0.39 is 16.7 Å². The van der Waals surface area contributed by atoms with E-state index in [0.717, 1.165) is 12.3 Å². The van der Waals surface area contributed by atoms with E-state index in [4.69, 9.17) is 0 Å². The van der Waals surface area contributed by atoms with E-state index in [1.165, 1.54) is 6.07 Å². The Hall–Kier alpha value is -2.31. The average Bonchev–Trinajstić information content (AvgIpc) is 2.28. The van der Waals surface area contributed by atoms with Crippen LogP contribution in [0.2, 0.25) is 0 Å². The third kappa shape index (κ3) is 3.33. The number of rotatable bonds is 3.